The molecule has 1 aliphatic rings. The average molecular weight is 261 g/mol. The number of nitrogens with one attached hydrogen (secondary N) is 1. The molecule has 0 spiro atoms. The molecular weight excluding hydrogens is 238 g/mol. The Balaban J connectivity index is 2.47. The summed E-state index contributed by atoms with van der Waals surface area (Å²) in [5.41, 5.74) is 8.30. The highest BCUT2D eigenvalue weighted by atomic mass is 16.1. The molecule has 2 unspecified atom stereocenters. The molecule has 0 aromatic heterocycles. The molecule has 4 heteroatoms. The van der Waals surface area contributed by atoms with E-state index in [1.807, 2.05) is 12.1 Å². The largest absolute Gasteiger partial charge is 0.399 e. The minimum absolute atomic E-state index is 0.0519. The highest BCUT2D eigenvalue weighted by Gasteiger charge is 2.31. The third kappa shape index (κ3) is 2.53. The van der Waals surface area contributed by atoms with Crippen LogP contribution in [0.2, 0.25) is 0 Å². The normalized spacial score (nSPS) is 22.6. The van der Waals surface area contributed by atoms with E-state index in [9.17, 15) is 4.79 Å². The smallest absolute Gasteiger partial charge is 0.253 e. The standard InChI is InChI=1S/C15H23N3O/c1-4-12-7-5-10(2)18(12)14-9-11(16)6-8-13(14)15(19)17-3/h6,8-10,12H,4-5,7,16H2,1-3H3,(H,17,19). The van der Waals surface area contributed by atoms with Gasteiger partial charge in [0.15, 0.2) is 0 Å². The van der Waals surface area contributed by atoms with Crippen LogP contribution in [0, 0.1) is 0 Å². The van der Waals surface area contributed by atoms with E-state index in [1.165, 1.54) is 12.8 Å². The third-order valence-corrected chi connectivity index (χ3v) is 4.03. The summed E-state index contributed by atoms with van der Waals surface area (Å²) < 4.78 is 0. The fraction of sp³-hybridized carbons (Fsp3) is 0.533. The van der Waals surface area contributed by atoms with Crippen molar-refractivity contribution in [1.82, 2.24) is 5.32 Å². The van der Waals surface area contributed by atoms with E-state index in [4.69, 9.17) is 5.73 Å². The van der Waals surface area contributed by atoms with Crippen molar-refractivity contribution in [2.45, 2.75) is 45.2 Å². The van der Waals surface area contributed by atoms with Crippen LogP contribution in [-0.4, -0.2) is 25.0 Å². The molecule has 0 aliphatic carbocycles. The van der Waals surface area contributed by atoms with E-state index in [1.54, 1.807) is 13.1 Å². The van der Waals surface area contributed by atoms with Gasteiger partial charge in [0.05, 0.1) is 11.3 Å². The average Bonchev–Trinajstić information content (AvgIpc) is 2.78. The van der Waals surface area contributed by atoms with Crippen molar-refractivity contribution in [1.29, 1.82) is 0 Å². The highest BCUT2D eigenvalue weighted by molar-refractivity contribution is 6.00. The first-order valence-electron chi connectivity index (χ1n) is 6.98. The Morgan fingerprint density at radius 3 is 2.84 bits per heavy atom. The van der Waals surface area contributed by atoms with Crippen molar-refractivity contribution in [3.8, 4) is 0 Å². The molecule has 1 fully saturated rings. The van der Waals surface area contributed by atoms with Gasteiger partial charge in [-0.15, -0.1) is 0 Å². The lowest BCUT2D eigenvalue weighted by Crippen LogP contribution is -2.36. The quantitative estimate of drug-likeness (QED) is 0.821. The van der Waals surface area contributed by atoms with Crippen molar-refractivity contribution in [3.05, 3.63) is 23.8 Å². The van der Waals surface area contributed by atoms with E-state index in [0.29, 0.717) is 23.3 Å². The van der Waals surface area contributed by atoms with Gasteiger partial charge in [-0.2, -0.15) is 0 Å². The summed E-state index contributed by atoms with van der Waals surface area (Å²) in [7, 11) is 1.66. The number of carbonyl (C=O) groups is 1. The first-order valence-corrected chi connectivity index (χ1v) is 6.98. The second kappa shape index (κ2) is 5.51. The molecule has 1 aliphatic heterocycles. The number of nitrogens with zero attached hydrogens (tertiary/aromatic N) is 1. The minimum atomic E-state index is -0.0519. The van der Waals surface area contributed by atoms with Gasteiger partial charge in [-0.25, -0.2) is 0 Å². The number of nitrogen functional groups attached to an aromatic ring is 1. The van der Waals surface area contributed by atoms with Crippen molar-refractivity contribution < 1.29 is 4.79 Å². The molecule has 4 nitrogen and oxygen atoms in total. The topological polar surface area (TPSA) is 58.4 Å². The molecule has 0 radical (unpaired) electrons. The predicted molar refractivity (Wildman–Crippen MR) is 79.5 cm³/mol. The number of anilines is 2. The molecule has 2 atom stereocenters. The lowest BCUT2D eigenvalue weighted by molar-refractivity contribution is 0.0963. The van der Waals surface area contributed by atoms with Gasteiger partial charge in [0.1, 0.15) is 0 Å². The summed E-state index contributed by atoms with van der Waals surface area (Å²) in [4.78, 5) is 14.4. The first-order chi connectivity index (χ1) is 9.08. The van der Waals surface area contributed by atoms with E-state index in [2.05, 4.69) is 24.1 Å². The fourth-order valence-electron chi connectivity index (χ4n) is 3.00. The zero-order valence-corrected chi connectivity index (χ0v) is 11.9. The van der Waals surface area contributed by atoms with Crippen LogP contribution in [0.1, 0.15) is 43.5 Å². The summed E-state index contributed by atoms with van der Waals surface area (Å²) in [5.74, 6) is -0.0519. The van der Waals surface area contributed by atoms with Crippen LogP contribution >= 0.6 is 0 Å². The van der Waals surface area contributed by atoms with Gasteiger partial charge in [0.2, 0.25) is 0 Å². The number of rotatable bonds is 3. The maximum absolute atomic E-state index is 12.0. The van der Waals surface area contributed by atoms with Gasteiger partial charge >= 0.3 is 0 Å². The zero-order chi connectivity index (χ0) is 14.0. The Kier molecular flexibility index (Phi) is 3.98. The summed E-state index contributed by atoms with van der Waals surface area (Å²) in [6.07, 6.45) is 3.44. The van der Waals surface area contributed by atoms with E-state index >= 15 is 0 Å². The minimum Gasteiger partial charge on any atom is -0.399 e. The first kappa shape index (κ1) is 13.7. The Labute approximate surface area is 115 Å². The van der Waals surface area contributed by atoms with Crippen LogP contribution in [0.15, 0.2) is 18.2 Å². The summed E-state index contributed by atoms with van der Waals surface area (Å²) >= 11 is 0. The molecule has 1 saturated heterocycles. The molecule has 0 bridgehead atoms. The predicted octanol–water partition coefficient (Wildman–Crippen LogP) is 2.40. The van der Waals surface area contributed by atoms with Gasteiger partial charge in [-0.05, 0) is 44.4 Å². The zero-order valence-electron chi connectivity index (χ0n) is 11.9. The molecule has 1 aromatic rings. The SMILES string of the molecule is CCC1CCC(C)N1c1cc(N)ccc1C(=O)NC. The second-order valence-corrected chi connectivity index (χ2v) is 5.25. The maximum Gasteiger partial charge on any atom is 0.253 e. The molecule has 2 rings (SSSR count). The van der Waals surface area contributed by atoms with Crippen molar-refractivity contribution in [2.75, 3.05) is 17.7 Å². The molecule has 1 aromatic carbocycles. The Morgan fingerprint density at radius 1 is 1.47 bits per heavy atom. The molecule has 1 heterocycles. The molecular formula is C15H23N3O. The van der Waals surface area contributed by atoms with Crippen LogP contribution in [0.4, 0.5) is 11.4 Å². The van der Waals surface area contributed by atoms with Gasteiger partial charge in [-0.1, -0.05) is 6.92 Å². The Hall–Kier alpha value is -1.71. The lowest BCUT2D eigenvalue weighted by Gasteiger charge is -2.32. The summed E-state index contributed by atoms with van der Waals surface area (Å²) in [6, 6.07) is 6.49. The van der Waals surface area contributed by atoms with Gasteiger partial charge < -0.3 is 16.0 Å². The molecule has 19 heavy (non-hydrogen) atoms. The van der Waals surface area contributed by atoms with Crippen LogP contribution < -0.4 is 16.0 Å². The maximum atomic E-state index is 12.0. The van der Waals surface area contributed by atoms with E-state index in [0.717, 1.165) is 12.1 Å². The third-order valence-electron chi connectivity index (χ3n) is 4.03. The Morgan fingerprint density at radius 2 is 2.21 bits per heavy atom. The van der Waals surface area contributed by atoms with Gasteiger partial charge in [0.25, 0.3) is 5.91 Å². The lowest BCUT2D eigenvalue weighted by atomic mass is 10.1. The number of hydrogen-bond donors (Lipinski definition) is 2. The number of hydrogen-bond acceptors (Lipinski definition) is 3. The number of nitrogens with two attached hydrogens (primary N) is 1. The number of carbonyl (C=O) groups excluding carboxylic acids is 1. The van der Waals surface area contributed by atoms with Crippen molar-refractivity contribution >= 4 is 17.3 Å². The van der Waals surface area contributed by atoms with Gasteiger partial charge in [-0.3, -0.25) is 4.79 Å². The Bertz CT molecular complexity index is 472. The summed E-state index contributed by atoms with van der Waals surface area (Å²) in [6.45, 7) is 4.41. The van der Waals surface area contributed by atoms with E-state index in [-0.39, 0.29) is 5.91 Å². The van der Waals surface area contributed by atoms with Gasteiger partial charge in [0, 0.05) is 24.8 Å². The molecule has 0 saturated carbocycles. The molecule has 3 N–H and O–H groups in total. The monoisotopic (exact) mass is 261 g/mol. The second-order valence-electron chi connectivity index (χ2n) is 5.25. The van der Waals surface area contributed by atoms with Crippen molar-refractivity contribution in [2.24, 2.45) is 0 Å². The van der Waals surface area contributed by atoms with Crippen LogP contribution in [0.5, 0.6) is 0 Å². The molecule has 104 valence electrons. The van der Waals surface area contributed by atoms with Crippen LogP contribution in [0.25, 0.3) is 0 Å². The van der Waals surface area contributed by atoms with Crippen molar-refractivity contribution in [3.63, 3.8) is 0 Å². The number of benzene rings is 1. The summed E-state index contributed by atoms with van der Waals surface area (Å²) in [5, 5.41) is 2.71. The highest BCUT2D eigenvalue weighted by Crippen LogP contribution is 2.35. The molecule has 1 amide bonds. The van der Waals surface area contributed by atoms with Crippen LogP contribution in [-0.2, 0) is 0 Å². The fourth-order valence-corrected chi connectivity index (χ4v) is 3.00. The number of amides is 1. The van der Waals surface area contributed by atoms with Crippen LogP contribution in [0.3, 0.4) is 0 Å². The van der Waals surface area contributed by atoms with E-state index < -0.39 is 0 Å².